The van der Waals surface area contributed by atoms with Crippen molar-refractivity contribution in [2.24, 2.45) is 0 Å². The van der Waals surface area contributed by atoms with Crippen LogP contribution in [0, 0.1) is 0 Å². The lowest BCUT2D eigenvalue weighted by atomic mass is 10.0. The first-order valence-corrected chi connectivity index (χ1v) is 14.7. The van der Waals surface area contributed by atoms with Crippen LogP contribution in [-0.4, -0.2) is 42.2 Å². The second-order valence-electron chi connectivity index (χ2n) is 9.99. The predicted octanol–water partition coefficient (Wildman–Crippen LogP) is 6.05. The fourth-order valence-corrected chi connectivity index (χ4v) is 4.75. The summed E-state index contributed by atoms with van der Waals surface area (Å²) in [7, 11) is 2.72. The van der Waals surface area contributed by atoms with E-state index in [4.69, 9.17) is 18.6 Å². The van der Waals surface area contributed by atoms with E-state index < -0.39 is 8.32 Å². The Morgan fingerprint density at radius 1 is 0.882 bits per heavy atom. The molecule has 0 aliphatic carbocycles. The first-order valence-electron chi connectivity index (χ1n) is 11.8. The smallest absolute Gasteiger partial charge is 0.307 e. The molecule has 0 aromatic heterocycles. The SMILES string of the molecule is COC(=O)C[C@H](NCC[C@H](O[Si](C)(C)C(C)(C)C)c1ccc(OC)cc1)c1ccc(OC)cc1. The zero-order valence-electron chi connectivity index (χ0n) is 21.9. The highest BCUT2D eigenvalue weighted by molar-refractivity contribution is 6.74. The maximum absolute atomic E-state index is 12.1. The monoisotopic (exact) mass is 487 g/mol. The number of benzene rings is 2. The summed E-state index contributed by atoms with van der Waals surface area (Å²) < 4.78 is 22.4. The van der Waals surface area contributed by atoms with Crippen LogP contribution in [0.25, 0.3) is 0 Å². The molecule has 0 heterocycles. The van der Waals surface area contributed by atoms with E-state index >= 15 is 0 Å². The summed E-state index contributed by atoms with van der Waals surface area (Å²) >= 11 is 0. The fraction of sp³-hybridized carbons (Fsp3) is 0.519. The molecule has 0 amide bonds. The van der Waals surface area contributed by atoms with Gasteiger partial charge in [-0.2, -0.15) is 0 Å². The predicted molar refractivity (Wildman–Crippen MR) is 139 cm³/mol. The van der Waals surface area contributed by atoms with E-state index in [1.165, 1.54) is 7.11 Å². The number of hydrogen-bond acceptors (Lipinski definition) is 6. The van der Waals surface area contributed by atoms with Crippen molar-refractivity contribution < 1.29 is 23.4 Å². The van der Waals surface area contributed by atoms with Gasteiger partial charge in [-0.1, -0.05) is 45.0 Å². The van der Waals surface area contributed by atoms with Gasteiger partial charge in [0.25, 0.3) is 0 Å². The maximum Gasteiger partial charge on any atom is 0.307 e. The summed E-state index contributed by atoms with van der Waals surface area (Å²) in [5.74, 6) is 1.35. The number of rotatable bonds is 12. The molecule has 2 aromatic carbocycles. The number of methoxy groups -OCH3 is 3. The normalized spacial score (nSPS) is 13.8. The average Bonchev–Trinajstić information content (AvgIpc) is 2.82. The zero-order chi connectivity index (χ0) is 25.4. The minimum absolute atomic E-state index is 0.0612. The summed E-state index contributed by atoms with van der Waals surface area (Å²) in [6.07, 6.45) is 0.958. The summed E-state index contributed by atoms with van der Waals surface area (Å²) in [6, 6.07) is 15.7. The summed E-state index contributed by atoms with van der Waals surface area (Å²) in [6.45, 7) is 12.0. The van der Waals surface area contributed by atoms with Crippen LogP contribution in [0.2, 0.25) is 18.1 Å². The second-order valence-corrected chi connectivity index (χ2v) is 14.7. The molecule has 0 saturated heterocycles. The van der Waals surface area contributed by atoms with Gasteiger partial charge in [0.2, 0.25) is 0 Å². The Kier molecular flexibility index (Phi) is 10.2. The number of nitrogens with one attached hydrogen (secondary N) is 1. The first-order chi connectivity index (χ1) is 16.0. The number of carbonyl (C=O) groups excluding carboxylic acids is 1. The standard InChI is InChI=1S/C27H41NO5Si/c1-27(2,3)34(7,8)33-25(21-11-15-23(31-5)16-12-21)17-18-28-24(19-26(29)32-6)20-9-13-22(30-4)14-10-20/h9-16,24-25,28H,17-19H2,1-8H3/t24-,25-/m0/s1. The van der Waals surface area contributed by atoms with E-state index in [1.807, 2.05) is 36.4 Å². The minimum atomic E-state index is -2.00. The third-order valence-electron chi connectivity index (χ3n) is 6.64. The molecule has 2 aromatic rings. The van der Waals surface area contributed by atoms with Gasteiger partial charge in [-0.05, 0) is 66.5 Å². The summed E-state index contributed by atoms with van der Waals surface area (Å²) in [4.78, 5) is 12.1. The maximum atomic E-state index is 12.1. The second kappa shape index (κ2) is 12.4. The molecule has 188 valence electrons. The van der Waals surface area contributed by atoms with Crippen LogP contribution in [0.5, 0.6) is 11.5 Å². The number of esters is 1. The van der Waals surface area contributed by atoms with Crippen molar-refractivity contribution in [3.63, 3.8) is 0 Å². The molecule has 0 radical (unpaired) electrons. The largest absolute Gasteiger partial charge is 0.497 e. The van der Waals surface area contributed by atoms with Crippen molar-refractivity contribution in [1.82, 2.24) is 5.32 Å². The molecule has 0 spiro atoms. The lowest BCUT2D eigenvalue weighted by Crippen LogP contribution is -2.42. The average molecular weight is 488 g/mol. The Labute approximate surface area is 206 Å². The Hall–Kier alpha value is -2.35. The van der Waals surface area contributed by atoms with Crippen LogP contribution in [-0.2, 0) is 14.0 Å². The van der Waals surface area contributed by atoms with Crippen molar-refractivity contribution in [2.45, 2.75) is 63.9 Å². The Bertz CT molecular complexity index is 891. The van der Waals surface area contributed by atoms with E-state index in [0.717, 1.165) is 29.0 Å². The van der Waals surface area contributed by atoms with Crippen LogP contribution in [0.15, 0.2) is 48.5 Å². The zero-order valence-corrected chi connectivity index (χ0v) is 22.9. The fourth-order valence-electron chi connectivity index (χ4n) is 3.43. The third kappa shape index (κ3) is 7.86. The molecule has 1 N–H and O–H groups in total. The van der Waals surface area contributed by atoms with Crippen molar-refractivity contribution in [3.05, 3.63) is 59.7 Å². The number of hydrogen-bond donors (Lipinski definition) is 1. The van der Waals surface area contributed by atoms with Gasteiger partial charge in [0.15, 0.2) is 8.32 Å². The Morgan fingerprint density at radius 3 is 1.82 bits per heavy atom. The molecular weight excluding hydrogens is 446 g/mol. The van der Waals surface area contributed by atoms with Crippen LogP contribution >= 0.6 is 0 Å². The van der Waals surface area contributed by atoms with Gasteiger partial charge in [0, 0.05) is 6.04 Å². The van der Waals surface area contributed by atoms with Crippen LogP contribution < -0.4 is 14.8 Å². The molecule has 0 unspecified atom stereocenters. The lowest BCUT2D eigenvalue weighted by molar-refractivity contribution is -0.141. The Morgan fingerprint density at radius 2 is 1.38 bits per heavy atom. The van der Waals surface area contributed by atoms with Crippen molar-refractivity contribution in [3.8, 4) is 11.5 Å². The molecular formula is C27H41NO5Si. The molecule has 0 aliphatic rings. The minimum Gasteiger partial charge on any atom is -0.497 e. The van der Waals surface area contributed by atoms with Gasteiger partial charge >= 0.3 is 5.97 Å². The number of ether oxygens (including phenoxy) is 3. The topological polar surface area (TPSA) is 66.0 Å². The molecule has 0 aliphatic heterocycles. The van der Waals surface area contributed by atoms with Gasteiger partial charge in [0.1, 0.15) is 11.5 Å². The van der Waals surface area contributed by atoms with Gasteiger partial charge in [-0.25, -0.2) is 0 Å². The molecule has 7 heteroatoms. The highest BCUT2D eigenvalue weighted by atomic mass is 28.4. The molecule has 0 saturated carbocycles. The quantitative estimate of drug-likeness (QED) is 0.290. The first kappa shape index (κ1) is 27.9. The molecule has 0 bridgehead atoms. The van der Waals surface area contributed by atoms with Crippen LogP contribution in [0.4, 0.5) is 0 Å². The summed E-state index contributed by atoms with van der Waals surface area (Å²) in [5.41, 5.74) is 2.14. The number of carbonyl (C=O) groups is 1. The highest BCUT2D eigenvalue weighted by Gasteiger charge is 2.39. The molecule has 6 nitrogen and oxygen atoms in total. The van der Waals surface area contributed by atoms with E-state index in [1.54, 1.807) is 14.2 Å². The van der Waals surface area contributed by atoms with E-state index in [0.29, 0.717) is 6.54 Å². The van der Waals surface area contributed by atoms with E-state index in [-0.39, 0.29) is 29.6 Å². The molecule has 34 heavy (non-hydrogen) atoms. The van der Waals surface area contributed by atoms with Gasteiger partial charge in [-0.3, -0.25) is 4.79 Å². The van der Waals surface area contributed by atoms with Gasteiger partial charge in [0.05, 0.1) is 33.9 Å². The van der Waals surface area contributed by atoms with Crippen molar-refractivity contribution in [2.75, 3.05) is 27.9 Å². The molecule has 2 rings (SSSR count). The van der Waals surface area contributed by atoms with Gasteiger partial charge < -0.3 is 24.0 Å². The third-order valence-corrected chi connectivity index (χ3v) is 11.1. The molecule has 0 fully saturated rings. The Balaban J connectivity index is 2.19. The van der Waals surface area contributed by atoms with Crippen molar-refractivity contribution in [1.29, 1.82) is 0 Å². The summed E-state index contributed by atoms with van der Waals surface area (Å²) in [5, 5.41) is 3.65. The van der Waals surface area contributed by atoms with Gasteiger partial charge in [-0.15, -0.1) is 0 Å². The highest BCUT2D eigenvalue weighted by Crippen LogP contribution is 2.40. The van der Waals surface area contributed by atoms with Crippen LogP contribution in [0.1, 0.15) is 56.9 Å². The molecule has 2 atom stereocenters. The van der Waals surface area contributed by atoms with E-state index in [2.05, 4.69) is 51.3 Å². The lowest BCUT2D eigenvalue weighted by Gasteiger charge is -2.39. The van der Waals surface area contributed by atoms with E-state index in [9.17, 15) is 4.79 Å². The van der Waals surface area contributed by atoms with Crippen LogP contribution in [0.3, 0.4) is 0 Å². The van der Waals surface area contributed by atoms with Crippen molar-refractivity contribution >= 4 is 14.3 Å².